The average molecular weight is 460 g/mol. The largest absolute Gasteiger partial charge is 0.491 e. The van der Waals surface area contributed by atoms with Crippen LogP contribution in [-0.4, -0.2) is 42.9 Å². The quantitative estimate of drug-likeness (QED) is 0.301. The second-order valence-corrected chi connectivity index (χ2v) is 7.39. The predicted molar refractivity (Wildman–Crippen MR) is 126 cm³/mol. The van der Waals surface area contributed by atoms with Gasteiger partial charge in [0.05, 0.1) is 6.61 Å². The van der Waals surface area contributed by atoms with Gasteiger partial charge in [0, 0.05) is 12.2 Å². The summed E-state index contributed by atoms with van der Waals surface area (Å²) in [5, 5.41) is 2.45. The third kappa shape index (κ3) is 8.16. The highest BCUT2D eigenvalue weighted by Crippen LogP contribution is 2.17. The van der Waals surface area contributed by atoms with Crippen LogP contribution < -0.4 is 25.6 Å². The Morgan fingerprint density at radius 2 is 1.78 bits per heavy atom. The van der Waals surface area contributed by atoms with E-state index < -0.39 is 17.9 Å². The van der Waals surface area contributed by atoms with E-state index in [0.717, 1.165) is 11.1 Å². The fourth-order valence-corrected chi connectivity index (χ4v) is 2.71. The highest BCUT2D eigenvalue weighted by molar-refractivity contribution is 7.80. The number of aryl methyl sites for hydroxylation is 2. The fraction of sp³-hybridized carbons (Fsp3) is 0.348. The topological polar surface area (TPSA) is 97.9 Å². The molecule has 8 nitrogen and oxygen atoms in total. The molecule has 0 aromatic heterocycles. The van der Waals surface area contributed by atoms with E-state index in [4.69, 9.17) is 26.4 Å². The van der Waals surface area contributed by atoms with Gasteiger partial charge in [-0.05, 0) is 81.4 Å². The van der Waals surface area contributed by atoms with E-state index in [9.17, 15) is 9.59 Å². The molecule has 0 spiro atoms. The lowest BCUT2D eigenvalue weighted by molar-refractivity contribution is -0.127. The summed E-state index contributed by atoms with van der Waals surface area (Å²) in [4.78, 5) is 24.7. The average Bonchev–Trinajstić information content (AvgIpc) is 2.77. The summed E-state index contributed by atoms with van der Waals surface area (Å²) < 4.78 is 16.4. The van der Waals surface area contributed by atoms with Gasteiger partial charge in [-0.1, -0.05) is 12.1 Å². The first-order valence-electron chi connectivity index (χ1n) is 10.3. The molecular formula is C23H29N3O5S. The Bertz CT molecular complexity index is 951. The predicted octanol–water partition coefficient (Wildman–Crippen LogP) is 2.82. The maximum atomic E-state index is 12.4. The van der Waals surface area contributed by atoms with Crippen LogP contribution >= 0.6 is 12.2 Å². The minimum absolute atomic E-state index is 0.0515. The monoisotopic (exact) mass is 459 g/mol. The fourth-order valence-electron chi connectivity index (χ4n) is 2.56. The number of nitrogens with one attached hydrogen (secondary N) is 3. The zero-order valence-electron chi connectivity index (χ0n) is 18.7. The molecule has 0 bridgehead atoms. The first-order valence-corrected chi connectivity index (χ1v) is 10.7. The normalized spacial score (nSPS) is 11.2. The van der Waals surface area contributed by atoms with Crippen LogP contribution in [0.3, 0.4) is 0 Å². The van der Waals surface area contributed by atoms with Crippen molar-refractivity contribution in [3.63, 3.8) is 0 Å². The maximum Gasteiger partial charge on any atom is 0.279 e. The minimum atomic E-state index is -0.770. The van der Waals surface area contributed by atoms with Gasteiger partial charge in [0.2, 0.25) is 0 Å². The van der Waals surface area contributed by atoms with Crippen LogP contribution in [0.1, 0.15) is 35.3 Å². The van der Waals surface area contributed by atoms with Crippen LogP contribution in [0.2, 0.25) is 0 Å². The molecule has 1 unspecified atom stereocenters. The molecule has 0 fully saturated rings. The first-order chi connectivity index (χ1) is 15.3. The number of carbonyl (C=O) groups excluding carboxylic acids is 2. The van der Waals surface area contributed by atoms with Crippen LogP contribution in [0.25, 0.3) is 0 Å². The summed E-state index contributed by atoms with van der Waals surface area (Å²) in [6.45, 7) is 8.95. The maximum absolute atomic E-state index is 12.4. The van der Waals surface area contributed by atoms with E-state index in [2.05, 4.69) is 16.2 Å². The number of hydrogen-bond donors (Lipinski definition) is 3. The lowest BCUT2D eigenvalue weighted by Gasteiger charge is -2.17. The minimum Gasteiger partial charge on any atom is -0.491 e. The zero-order chi connectivity index (χ0) is 23.5. The van der Waals surface area contributed by atoms with Crippen molar-refractivity contribution in [2.24, 2.45) is 0 Å². The van der Waals surface area contributed by atoms with Gasteiger partial charge < -0.3 is 14.2 Å². The Kier molecular flexibility index (Phi) is 9.90. The Morgan fingerprint density at radius 3 is 2.50 bits per heavy atom. The Hall–Kier alpha value is -3.17. The molecule has 0 aliphatic heterocycles. The van der Waals surface area contributed by atoms with Crippen molar-refractivity contribution >= 4 is 29.1 Å². The number of carbonyl (C=O) groups is 2. The Labute approximate surface area is 193 Å². The van der Waals surface area contributed by atoms with E-state index in [1.807, 2.05) is 32.9 Å². The molecule has 0 radical (unpaired) electrons. The third-order valence-electron chi connectivity index (χ3n) is 4.48. The van der Waals surface area contributed by atoms with E-state index in [-0.39, 0.29) is 5.11 Å². The molecule has 9 heteroatoms. The smallest absolute Gasteiger partial charge is 0.279 e. The molecule has 0 heterocycles. The first kappa shape index (κ1) is 25.1. The summed E-state index contributed by atoms with van der Waals surface area (Å²) >= 11 is 5.08. The molecule has 32 heavy (non-hydrogen) atoms. The van der Waals surface area contributed by atoms with Crippen molar-refractivity contribution < 1.29 is 23.8 Å². The molecule has 2 amide bonds. The lowest BCUT2D eigenvalue weighted by atomic mass is 10.1. The van der Waals surface area contributed by atoms with Crippen LogP contribution in [0.5, 0.6) is 11.5 Å². The lowest BCUT2D eigenvalue weighted by Crippen LogP contribution is -2.51. The Morgan fingerprint density at radius 1 is 1.00 bits per heavy atom. The van der Waals surface area contributed by atoms with Gasteiger partial charge in [0.25, 0.3) is 11.8 Å². The summed E-state index contributed by atoms with van der Waals surface area (Å²) in [5.74, 6) is 0.257. The molecule has 2 rings (SSSR count). The van der Waals surface area contributed by atoms with E-state index in [1.165, 1.54) is 0 Å². The molecule has 2 aromatic carbocycles. The molecular weight excluding hydrogens is 430 g/mol. The SMILES string of the molecule is CCOCCOc1cccc(C(=O)NC(=S)NNC(=O)C(C)Oc2ccc(C)c(C)c2)c1. The van der Waals surface area contributed by atoms with Crippen molar-refractivity contribution in [3.8, 4) is 11.5 Å². The van der Waals surface area contributed by atoms with Gasteiger partial charge in [-0.2, -0.15) is 0 Å². The summed E-state index contributed by atoms with van der Waals surface area (Å²) in [6, 6.07) is 12.3. The van der Waals surface area contributed by atoms with Gasteiger partial charge in [-0.3, -0.25) is 25.8 Å². The van der Waals surface area contributed by atoms with Crippen molar-refractivity contribution in [1.29, 1.82) is 0 Å². The summed E-state index contributed by atoms with van der Waals surface area (Å²) in [6.07, 6.45) is -0.770. The molecule has 172 valence electrons. The van der Waals surface area contributed by atoms with Gasteiger partial charge >= 0.3 is 0 Å². The van der Waals surface area contributed by atoms with Crippen molar-refractivity contribution in [2.75, 3.05) is 19.8 Å². The van der Waals surface area contributed by atoms with Crippen LogP contribution in [0.4, 0.5) is 0 Å². The molecule has 3 N–H and O–H groups in total. The van der Waals surface area contributed by atoms with Gasteiger partial charge in [0.1, 0.15) is 18.1 Å². The number of hydrogen-bond acceptors (Lipinski definition) is 6. The number of thiocarbonyl (C=S) groups is 1. The highest BCUT2D eigenvalue weighted by Gasteiger charge is 2.16. The van der Waals surface area contributed by atoms with E-state index in [0.29, 0.717) is 36.9 Å². The van der Waals surface area contributed by atoms with Gasteiger partial charge in [-0.15, -0.1) is 0 Å². The van der Waals surface area contributed by atoms with Gasteiger partial charge in [-0.25, -0.2) is 0 Å². The van der Waals surface area contributed by atoms with E-state index in [1.54, 1.807) is 37.3 Å². The zero-order valence-corrected chi connectivity index (χ0v) is 19.5. The van der Waals surface area contributed by atoms with Crippen LogP contribution in [0, 0.1) is 13.8 Å². The number of ether oxygens (including phenoxy) is 3. The van der Waals surface area contributed by atoms with Crippen LogP contribution in [-0.2, 0) is 9.53 Å². The second kappa shape index (κ2) is 12.6. The molecule has 0 saturated heterocycles. The van der Waals surface area contributed by atoms with Crippen molar-refractivity contribution in [1.82, 2.24) is 16.2 Å². The summed E-state index contributed by atoms with van der Waals surface area (Å²) in [7, 11) is 0. The third-order valence-corrected chi connectivity index (χ3v) is 4.69. The van der Waals surface area contributed by atoms with Gasteiger partial charge in [0.15, 0.2) is 11.2 Å². The number of hydrazine groups is 1. The standard InChI is InChI=1S/C23H29N3O5S/c1-5-29-11-12-30-19-8-6-7-18(14-19)22(28)24-23(32)26-25-21(27)17(4)31-20-10-9-15(2)16(3)13-20/h6-10,13-14,17H,5,11-12H2,1-4H3,(H,25,27)(H2,24,26,28,32). The Balaban J connectivity index is 1.79. The van der Waals surface area contributed by atoms with E-state index >= 15 is 0 Å². The molecule has 0 saturated carbocycles. The molecule has 1 atom stereocenters. The van der Waals surface area contributed by atoms with Crippen LogP contribution in [0.15, 0.2) is 42.5 Å². The highest BCUT2D eigenvalue weighted by atomic mass is 32.1. The molecule has 0 aliphatic rings. The number of rotatable bonds is 9. The van der Waals surface area contributed by atoms with Crippen molar-refractivity contribution in [2.45, 2.75) is 33.8 Å². The van der Waals surface area contributed by atoms with Crippen molar-refractivity contribution in [3.05, 3.63) is 59.2 Å². The second-order valence-electron chi connectivity index (χ2n) is 6.98. The summed E-state index contributed by atoms with van der Waals surface area (Å²) in [5.41, 5.74) is 7.50. The number of amides is 2. The number of benzene rings is 2. The molecule has 2 aromatic rings. The molecule has 0 aliphatic carbocycles.